The lowest BCUT2D eigenvalue weighted by Crippen LogP contribution is -2.34. The summed E-state index contributed by atoms with van der Waals surface area (Å²) in [6, 6.07) is 2.18. The zero-order valence-corrected chi connectivity index (χ0v) is 9.74. The number of fused-ring (bicyclic) bond motifs is 1. The first-order valence-corrected chi connectivity index (χ1v) is 6.71. The Bertz CT molecular complexity index is 540. The van der Waals surface area contributed by atoms with E-state index >= 15 is 0 Å². The van der Waals surface area contributed by atoms with E-state index in [2.05, 4.69) is 5.32 Å². The Morgan fingerprint density at radius 1 is 1.29 bits per heavy atom. The van der Waals surface area contributed by atoms with Crippen molar-refractivity contribution in [2.75, 3.05) is 12.3 Å². The van der Waals surface area contributed by atoms with Gasteiger partial charge in [0.15, 0.2) is 11.5 Å². The zero-order chi connectivity index (χ0) is 12.6. The van der Waals surface area contributed by atoms with E-state index in [-0.39, 0.29) is 11.5 Å². The van der Waals surface area contributed by atoms with Crippen LogP contribution >= 0.6 is 0 Å². The Labute approximate surface area is 98.7 Å². The molecular formula is C10H13NO5S. The third-order valence-corrected chi connectivity index (χ3v) is 3.53. The van der Waals surface area contributed by atoms with E-state index in [1.807, 2.05) is 0 Å². The summed E-state index contributed by atoms with van der Waals surface area (Å²) in [5.41, 5.74) is 1.36. The van der Waals surface area contributed by atoms with Gasteiger partial charge in [0.1, 0.15) is 0 Å². The molecule has 1 aromatic carbocycles. The lowest BCUT2D eigenvalue weighted by Gasteiger charge is -2.26. The van der Waals surface area contributed by atoms with Crippen molar-refractivity contribution in [3.05, 3.63) is 23.3 Å². The van der Waals surface area contributed by atoms with Gasteiger partial charge in [-0.15, -0.1) is 0 Å². The molecule has 2 rings (SSSR count). The van der Waals surface area contributed by atoms with Crippen LogP contribution in [0.25, 0.3) is 0 Å². The fraction of sp³-hybridized carbons (Fsp3) is 0.400. The van der Waals surface area contributed by atoms with Crippen molar-refractivity contribution in [2.45, 2.75) is 12.5 Å². The summed E-state index contributed by atoms with van der Waals surface area (Å²) in [4.78, 5) is 0. The maximum Gasteiger partial charge on any atom is 0.266 e. The first kappa shape index (κ1) is 12.2. The van der Waals surface area contributed by atoms with E-state index in [4.69, 9.17) is 4.55 Å². The van der Waals surface area contributed by atoms with Crippen LogP contribution in [0.4, 0.5) is 0 Å². The average molecular weight is 259 g/mol. The zero-order valence-electron chi connectivity index (χ0n) is 8.92. The molecule has 17 heavy (non-hydrogen) atoms. The lowest BCUT2D eigenvalue weighted by atomic mass is 9.94. The van der Waals surface area contributed by atoms with Crippen LogP contribution in [-0.2, 0) is 16.5 Å². The molecule has 1 aliphatic rings. The number of aromatic hydroxyl groups is 2. The van der Waals surface area contributed by atoms with Gasteiger partial charge in [-0.3, -0.25) is 4.55 Å². The quantitative estimate of drug-likeness (QED) is 0.445. The van der Waals surface area contributed by atoms with E-state index in [0.29, 0.717) is 18.5 Å². The molecule has 4 N–H and O–H groups in total. The lowest BCUT2D eigenvalue weighted by molar-refractivity contribution is 0.399. The van der Waals surface area contributed by atoms with Crippen LogP contribution in [-0.4, -0.2) is 35.5 Å². The molecule has 0 fully saturated rings. The van der Waals surface area contributed by atoms with Crippen molar-refractivity contribution < 1.29 is 23.2 Å². The highest BCUT2D eigenvalue weighted by Gasteiger charge is 2.25. The molecule has 0 radical (unpaired) electrons. The minimum Gasteiger partial charge on any atom is -0.504 e. The van der Waals surface area contributed by atoms with Gasteiger partial charge in [-0.2, -0.15) is 8.42 Å². The first-order chi connectivity index (χ1) is 7.87. The molecule has 0 saturated carbocycles. The van der Waals surface area contributed by atoms with Crippen molar-refractivity contribution in [2.24, 2.45) is 0 Å². The van der Waals surface area contributed by atoms with Gasteiger partial charge < -0.3 is 15.5 Å². The molecule has 1 aromatic rings. The molecule has 0 bridgehead atoms. The van der Waals surface area contributed by atoms with Crippen molar-refractivity contribution in [1.82, 2.24) is 5.32 Å². The predicted octanol–water partition coefficient (Wildman–Crippen LogP) is 0.172. The van der Waals surface area contributed by atoms with Crippen molar-refractivity contribution in [1.29, 1.82) is 0 Å². The molecule has 1 unspecified atom stereocenters. The van der Waals surface area contributed by atoms with Crippen LogP contribution in [0.5, 0.6) is 11.5 Å². The van der Waals surface area contributed by atoms with Gasteiger partial charge >= 0.3 is 0 Å². The van der Waals surface area contributed by atoms with Crippen LogP contribution in [0.1, 0.15) is 17.2 Å². The van der Waals surface area contributed by atoms with Crippen LogP contribution < -0.4 is 5.32 Å². The third-order valence-electron chi connectivity index (χ3n) is 2.77. The van der Waals surface area contributed by atoms with Gasteiger partial charge in [-0.05, 0) is 36.2 Å². The number of phenols is 2. The van der Waals surface area contributed by atoms with Crippen LogP contribution in [0, 0.1) is 0 Å². The van der Waals surface area contributed by atoms with E-state index in [1.54, 1.807) is 0 Å². The van der Waals surface area contributed by atoms with Gasteiger partial charge in [-0.25, -0.2) is 0 Å². The number of hydrogen-bond acceptors (Lipinski definition) is 5. The summed E-state index contributed by atoms with van der Waals surface area (Å²) in [5.74, 6) is -0.978. The van der Waals surface area contributed by atoms with E-state index in [1.165, 1.54) is 12.1 Å². The summed E-state index contributed by atoms with van der Waals surface area (Å²) < 4.78 is 30.6. The minimum absolute atomic E-state index is 0.226. The molecule has 6 nitrogen and oxygen atoms in total. The molecule has 94 valence electrons. The molecule has 1 heterocycles. The van der Waals surface area contributed by atoms with Crippen molar-refractivity contribution in [3.8, 4) is 11.5 Å². The number of benzene rings is 1. The topological polar surface area (TPSA) is 107 Å². The molecule has 0 aromatic heterocycles. The molecule has 0 spiro atoms. The van der Waals surface area contributed by atoms with Gasteiger partial charge in [0.25, 0.3) is 10.1 Å². The second kappa shape index (κ2) is 4.17. The normalized spacial score (nSPS) is 19.9. The van der Waals surface area contributed by atoms with E-state index < -0.39 is 21.9 Å². The Hall–Kier alpha value is -1.31. The largest absolute Gasteiger partial charge is 0.504 e. The second-order valence-electron chi connectivity index (χ2n) is 4.05. The second-order valence-corrected chi connectivity index (χ2v) is 5.54. The van der Waals surface area contributed by atoms with Crippen LogP contribution in [0.2, 0.25) is 0 Å². The Morgan fingerprint density at radius 2 is 1.94 bits per heavy atom. The molecule has 0 saturated heterocycles. The van der Waals surface area contributed by atoms with Gasteiger partial charge in [0.05, 0.1) is 5.75 Å². The minimum atomic E-state index is -4.10. The molecule has 7 heteroatoms. The summed E-state index contributed by atoms with van der Waals surface area (Å²) >= 11 is 0. The van der Waals surface area contributed by atoms with Crippen LogP contribution in [0.3, 0.4) is 0 Å². The number of phenolic OH excluding ortho intramolecular Hbond substituents is 2. The van der Waals surface area contributed by atoms with E-state index in [0.717, 1.165) is 5.56 Å². The molecule has 0 amide bonds. The molecule has 0 aliphatic carbocycles. The van der Waals surface area contributed by atoms with Gasteiger partial charge in [-0.1, -0.05) is 0 Å². The highest BCUT2D eigenvalue weighted by molar-refractivity contribution is 7.85. The summed E-state index contributed by atoms with van der Waals surface area (Å²) in [6.45, 7) is 0.553. The van der Waals surface area contributed by atoms with Crippen molar-refractivity contribution in [3.63, 3.8) is 0 Å². The first-order valence-electron chi connectivity index (χ1n) is 5.10. The summed E-state index contributed by atoms with van der Waals surface area (Å²) in [6.07, 6.45) is 0.630. The van der Waals surface area contributed by atoms with Gasteiger partial charge in [0, 0.05) is 6.04 Å². The fourth-order valence-corrected chi connectivity index (χ4v) is 2.75. The maximum absolute atomic E-state index is 10.9. The summed E-state index contributed by atoms with van der Waals surface area (Å²) in [7, 11) is -4.10. The molecular weight excluding hydrogens is 246 g/mol. The standard InChI is InChI=1S/C10H13NO5S/c12-9-3-6-1-2-11-8(5-17(14,15)16)7(6)4-10(9)13/h3-4,8,11-13H,1-2,5H2,(H,14,15,16). The Kier molecular flexibility index (Phi) is 2.98. The van der Waals surface area contributed by atoms with Gasteiger partial charge in [0.2, 0.25) is 0 Å². The number of nitrogens with one attached hydrogen (secondary N) is 1. The number of hydrogen-bond donors (Lipinski definition) is 4. The highest BCUT2D eigenvalue weighted by atomic mass is 32.2. The average Bonchev–Trinajstić information content (AvgIpc) is 2.19. The summed E-state index contributed by atoms with van der Waals surface area (Å²) in [5, 5.41) is 21.7. The van der Waals surface area contributed by atoms with E-state index in [9.17, 15) is 18.6 Å². The van der Waals surface area contributed by atoms with Crippen LogP contribution in [0.15, 0.2) is 12.1 Å². The number of rotatable bonds is 2. The SMILES string of the molecule is O=S(=O)(O)CC1NCCc2cc(O)c(O)cc21. The maximum atomic E-state index is 10.9. The fourth-order valence-electron chi connectivity index (χ4n) is 2.03. The predicted molar refractivity (Wildman–Crippen MR) is 60.6 cm³/mol. The van der Waals surface area contributed by atoms with Crippen molar-refractivity contribution >= 4 is 10.1 Å². The molecule has 1 atom stereocenters. The smallest absolute Gasteiger partial charge is 0.266 e. The Morgan fingerprint density at radius 3 is 2.59 bits per heavy atom. The highest BCUT2D eigenvalue weighted by Crippen LogP contribution is 2.33. The Balaban J connectivity index is 2.40. The monoisotopic (exact) mass is 259 g/mol. The third kappa shape index (κ3) is 2.68. The molecule has 1 aliphatic heterocycles.